The van der Waals surface area contributed by atoms with E-state index in [1.807, 2.05) is 0 Å². The average molecular weight is 332 g/mol. The molecule has 0 aliphatic heterocycles. The van der Waals surface area contributed by atoms with Gasteiger partial charge in [-0.15, -0.1) is 0 Å². The van der Waals surface area contributed by atoms with Crippen LogP contribution in [-0.4, -0.2) is 25.5 Å². The Morgan fingerprint density at radius 3 is 2.32 bits per heavy atom. The minimum absolute atomic E-state index is 0.0140. The highest BCUT2D eigenvalue weighted by atomic mass is 32.2. The second kappa shape index (κ2) is 5.91. The molecule has 0 aliphatic carbocycles. The molecule has 0 N–H and O–H groups in total. The van der Waals surface area contributed by atoms with Gasteiger partial charge in [-0.2, -0.15) is 18.2 Å². The molecule has 0 radical (unpaired) electrons. The molecule has 0 saturated heterocycles. The molecule has 1 aromatic heterocycles. The van der Waals surface area contributed by atoms with Crippen molar-refractivity contribution in [3.8, 4) is 6.01 Å². The van der Waals surface area contributed by atoms with Gasteiger partial charge in [0.25, 0.3) is 0 Å². The lowest BCUT2D eigenvalue weighted by molar-refractivity contribution is -0.137. The molecule has 22 heavy (non-hydrogen) atoms. The Labute approximate surface area is 124 Å². The van der Waals surface area contributed by atoms with Crippen LogP contribution in [0.3, 0.4) is 0 Å². The Kier molecular flexibility index (Phi) is 4.36. The average Bonchev–Trinajstić information content (AvgIpc) is 2.46. The Balaban J connectivity index is 2.26. The number of alkyl halides is 3. The fourth-order valence-electron chi connectivity index (χ4n) is 1.68. The Morgan fingerprint density at radius 1 is 1.14 bits per heavy atom. The van der Waals surface area contributed by atoms with Gasteiger partial charge in [-0.25, -0.2) is 13.4 Å². The van der Waals surface area contributed by atoms with E-state index in [-0.39, 0.29) is 16.6 Å². The van der Waals surface area contributed by atoms with E-state index < -0.39 is 27.3 Å². The van der Waals surface area contributed by atoms with Gasteiger partial charge in [0.2, 0.25) is 0 Å². The smallest absolute Gasteiger partial charge is 0.416 e. The maximum absolute atomic E-state index is 12.5. The van der Waals surface area contributed by atoms with Gasteiger partial charge in [-0.3, -0.25) is 0 Å². The van der Waals surface area contributed by atoms with Gasteiger partial charge in [-0.1, -0.05) is 0 Å². The first kappa shape index (κ1) is 16.2. The molecule has 0 saturated carbocycles. The summed E-state index contributed by atoms with van der Waals surface area (Å²) in [6, 6.07) is 4.72. The van der Waals surface area contributed by atoms with Crippen LogP contribution in [0.25, 0.3) is 0 Å². The second-order valence-corrected chi connectivity index (χ2v) is 6.31. The number of aromatic nitrogens is 2. The van der Waals surface area contributed by atoms with E-state index in [9.17, 15) is 21.6 Å². The molecule has 0 bridgehead atoms. The molecule has 9 heteroatoms. The summed E-state index contributed by atoms with van der Waals surface area (Å²) in [5.41, 5.74) is -0.720. The van der Waals surface area contributed by atoms with E-state index in [2.05, 4.69) is 9.97 Å². The molecule has 0 unspecified atom stereocenters. The third kappa shape index (κ3) is 3.73. The van der Waals surface area contributed by atoms with Gasteiger partial charge in [0.15, 0.2) is 9.84 Å². The number of hydrogen-bond acceptors (Lipinski definition) is 5. The predicted octanol–water partition coefficient (Wildman–Crippen LogP) is 2.48. The SMILES string of the molecule is COc1nccc(CS(=O)(=O)c2ccc(C(F)(F)F)cc2)n1. The van der Waals surface area contributed by atoms with Gasteiger partial charge in [0.05, 0.1) is 29.0 Å². The van der Waals surface area contributed by atoms with Crippen LogP contribution in [0.4, 0.5) is 13.2 Å². The minimum Gasteiger partial charge on any atom is -0.467 e. The number of rotatable bonds is 4. The largest absolute Gasteiger partial charge is 0.467 e. The number of methoxy groups -OCH3 is 1. The zero-order valence-corrected chi connectivity index (χ0v) is 12.1. The molecular weight excluding hydrogens is 321 g/mol. The van der Waals surface area contributed by atoms with Crippen LogP contribution in [0.2, 0.25) is 0 Å². The van der Waals surface area contributed by atoms with Crippen LogP contribution in [0.5, 0.6) is 6.01 Å². The molecule has 2 aromatic rings. The van der Waals surface area contributed by atoms with E-state index in [4.69, 9.17) is 4.74 Å². The molecule has 0 amide bonds. The molecular formula is C13H11F3N2O3S. The van der Waals surface area contributed by atoms with E-state index in [1.54, 1.807) is 0 Å². The highest BCUT2D eigenvalue weighted by Gasteiger charge is 2.30. The van der Waals surface area contributed by atoms with Crippen molar-refractivity contribution in [2.24, 2.45) is 0 Å². The fourth-order valence-corrected chi connectivity index (χ4v) is 2.95. The van der Waals surface area contributed by atoms with Crippen LogP contribution in [0.1, 0.15) is 11.3 Å². The summed E-state index contributed by atoms with van der Waals surface area (Å²) in [6.45, 7) is 0. The number of benzene rings is 1. The van der Waals surface area contributed by atoms with Crippen molar-refractivity contribution in [3.05, 3.63) is 47.8 Å². The number of halogens is 3. The van der Waals surface area contributed by atoms with Crippen LogP contribution < -0.4 is 4.74 Å². The van der Waals surface area contributed by atoms with Crippen molar-refractivity contribution >= 4 is 9.84 Å². The monoisotopic (exact) mass is 332 g/mol. The van der Waals surface area contributed by atoms with E-state index >= 15 is 0 Å². The van der Waals surface area contributed by atoms with E-state index in [0.29, 0.717) is 0 Å². The molecule has 0 spiro atoms. The third-order valence-electron chi connectivity index (χ3n) is 2.75. The van der Waals surface area contributed by atoms with Crippen molar-refractivity contribution in [1.82, 2.24) is 9.97 Å². The fraction of sp³-hybridized carbons (Fsp3) is 0.231. The molecule has 2 rings (SSSR count). The molecule has 1 heterocycles. The van der Waals surface area contributed by atoms with Crippen molar-refractivity contribution in [1.29, 1.82) is 0 Å². The number of ether oxygens (including phenoxy) is 1. The Morgan fingerprint density at radius 2 is 1.77 bits per heavy atom. The van der Waals surface area contributed by atoms with Gasteiger partial charge >= 0.3 is 12.2 Å². The summed E-state index contributed by atoms with van der Waals surface area (Å²) in [5.74, 6) is -0.461. The summed E-state index contributed by atoms with van der Waals surface area (Å²) in [4.78, 5) is 7.40. The normalized spacial score (nSPS) is 12.2. The van der Waals surface area contributed by atoms with Crippen LogP contribution in [-0.2, 0) is 21.8 Å². The molecule has 118 valence electrons. The van der Waals surface area contributed by atoms with Gasteiger partial charge in [0, 0.05) is 6.20 Å². The molecule has 0 fully saturated rings. The lowest BCUT2D eigenvalue weighted by atomic mass is 10.2. The molecule has 0 aliphatic rings. The van der Waals surface area contributed by atoms with Crippen LogP contribution in [0.15, 0.2) is 41.4 Å². The van der Waals surface area contributed by atoms with Crippen molar-refractivity contribution in [2.45, 2.75) is 16.8 Å². The van der Waals surface area contributed by atoms with Gasteiger partial charge < -0.3 is 4.74 Å². The van der Waals surface area contributed by atoms with Crippen molar-refractivity contribution < 1.29 is 26.3 Å². The minimum atomic E-state index is -4.51. The third-order valence-corrected chi connectivity index (χ3v) is 4.42. The zero-order chi connectivity index (χ0) is 16.4. The lowest BCUT2D eigenvalue weighted by Crippen LogP contribution is -2.09. The van der Waals surface area contributed by atoms with Crippen LogP contribution >= 0.6 is 0 Å². The highest BCUT2D eigenvalue weighted by Crippen LogP contribution is 2.30. The predicted molar refractivity (Wildman–Crippen MR) is 70.9 cm³/mol. The number of hydrogen-bond donors (Lipinski definition) is 0. The first-order valence-electron chi connectivity index (χ1n) is 5.98. The second-order valence-electron chi connectivity index (χ2n) is 4.32. The highest BCUT2D eigenvalue weighted by molar-refractivity contribution is 7.90. The first-order chi connectivity index (χ1) is 10.2. The summed E-state index contributed by atoms with van der Waals surface area (Å²) in [6.07, 6.45) is -3.17. The Hall–Kier alpha value is -2.16. The van der Waals surface area contributed by atoms with E-state index in [0.717, 1.165) is 24.3 Å². The summed E-state index contributed by atoms with van der Waals surface area (Å²) < 4.78 is 66.5. The summed E-state index contributed by atoms with van der Waals surface area (Å²) >= 11 is 0. The number of sulfone groups is 1. The van der Waals surface area contributed by atoms with Crippen LogP contribution in [0, 0.1) is 0 Å². The molecule has 0 atom stereocenters. The quantitative estimate of drug-likeness (QED) is 0.860. The lowest BCUT2D eigenvalue weighted by Gasteiger charge is -2.08. The summed E-state index contributed by atoms with van der Waals surface area (Å²) in [7, 11) is -2.48. The topological polar surface area (TPSA) is 69.2 Å². The summed E-state index contributed by atoms with van der Waals surface area (Å²) in [5, 5.41) is 0. The zero-order valence-electron chi connectivity index (χ0n) is 11.3. The van der Waals surface area contributed by atoms with Gasteiger partial charge in [-0.05, 0) is 30.3 Å². The first-order valence-corrected chi connectivity index (χ1v) is 7.63. The maximum atomic E-state index is 12.5. The van der Waals surface area contributed by atoms with Crippen molar-refractivity contribution in [3.63, 3.8) is 0 Å². The molecule has 1 aromatic carbocycles. The number of nitrogens with zero attached hydrogens (tertiary/aromatic N) is 2. The Bertz CT molecular complexity index is 759. The van der Waals surface area contributed by atoms with Crippen molar-refractivity contribution in [2.75, 3.05) is 7.11 Å². The van der Waals surface area contributed by atoms with Gasteiger partial charge in [0.1, 0.15) is 0 Å². The molecule has 5 nitrogen and oxygen atoms in total. The van der Waals surface area contributed by atoms with E-state index in [1.165, 1.54) is 19.4 Å². The maximum Gasteiger partial charge on any atom is 0.416 e. The standard InChI is InChI=1S/C13H11F3N2O3S/c1-21-12-17-7-6-10(18-12)8-22(19,20)11-4-2-9(3-5-11)13(14,15)16/h2-7H,8H2,1H3.